The largest absolute Gasteiger partial charge is 0.439 e. The van der Waals surface area contributed by atoms with Crippen molar-refractivity contribution in [3.63, 3.8) is 0 Å². The summed E-state index contributed by atoms with van der Waals surface area (Å²) < 4.78 is 5.84. The van der Waals surface area contributed by atoms with E-state index in [2.05, 4.69) is 41.1 Å². The predicted octanol–water partition coefficient (Wildman–Crippen LogP) is 3.36. The van der Waals surface area contributed by atoms with E-state index < -0.39 is 0 Å². The number of aromatic nitrogens is 1. The molecule has 1 aliphatic rings. The van der Waals surface area contributed by atoms with Gasteiger partial charge in [-0.25, -0.2) is 4.98 Å². The first-order valence-electron chi connectivity index (χ1n) is 7.21. The van der Waals surface area contributed by atoms with Gasteiger partial charge in [-0.3, -0.25) is 0 Å². The standard InChI is InChI=1S/C17H17N3O/c1-11-9-12-5-2-3-7-14(12)20(11)10-16-19-17-13(18)6-4-8-15(17)21-16/h2-8,11H,9-10,18H2,1H3. The van der Waals surface area contributed by atoms with Crippen molar-refractivity contribution in [3.05, 3.63) is 53.9 Å². The molecule has 2 heterocycles. The van der Waals surface area contributed by atoms with Crippen LogP contribution >= 0.6 is 0 Å². The first kappa shape index (κ1) is 12.3. The highest BCUT2D eigenvalue weighted by molar-refractivity contribution is 5.85. The highest BCUT2D eigenvalue weighted by Crippen LogP contribution is 2.33. The molecule has 4 rings (SSSR count). The number of nitrogens with zero attached hydrogens (tertiary/aromatic N) is 2. The zero-order valence-electron chi connectivity index (χ0n) is 11.9. The van der Waals surface area contributed by atoms with Crippen molar-refractivity contribution in [3.8, 4) is 0 Å². The number of anilines is 2. The van der Waals surface area contributed by atoms with E-state index in [-0.39, 0.29) is 0 Å². The number of fused-ring (bicyclic) bond motifs is 2. The summed E-state index contributed by atoms with van der Waals surface area (Å²) in [7, 11) is 0. The average molecular weight is 279 g/mol. The number of rotatable bonds is 2. The Bertz CT molecular complexity index is 809. The van der Waals surface area contributed by atoms with Crippen LogP contribution in [0.3, 0.4) is 0 Å². The Labute approximate surface area is 123 Å². The van der Waals surface area contributed by atoms with Crippen molar-refractivity contribution in [2.24, 2.45) is 0 Å². The summed E-state index contributed by atoms with van der Waals surface area (Å²) in [6, 6.07) is 14.6. The maximum absolute atomic E-state index is 5.95. The predicted molar refractivity (Wildman–Crippen MR) is 84.2 cm³/mol. The topological polar surface area (TPSA) is 55.3 Å². The van der Waals surface area contributed by atoms with Gasteiger partial charge in [-0.1, -0.05) is 24.3 Å². The van der Waals surface area contributed by atoms with Crippen molar-refractivity contribution in [1.29, 1.82) is 0 Å². The van der Waals surface area contributed by atoms with Crippen LogP contribution in [-0.4, -0.2) is 11.0 Å². The number of para-hydroxylation sites is 2. The van der Waals surface area contributed by atoms with Gasteiger partial charge in [-0.05, 0) is 37.1 Å². The molecule has 0 bridgehead atoms. The third kappa shape index (κ3) is 1.95. The molecule has 0 amide bonds. The quantitative estimate of drug-likeness (QED) is 0.731. The minimum atomic E-state index is 0.453. The average Bonchev–Trinajstić information content (AvgIpc) is 3.02. The normalized spacial score (nSPS) is 17.4. The number of hydrogen-bond acceptors (Lipinski definition) is 4. The molecule has 0 radical (unpaired) electrons. The van der Waals surface area contributed by atoms with Crippen LogP contribution in [-0.2, 0) is 13.0 Å². The van der Waals surface area contributed by atoms with Crippen LogP contribution in [0.2, 0.25) is 0 Å². The molecule has 2 N–H and O–H groups in total. The van der Waals surface area contributed by atoms with Gasteiger partial charge >= 0.3 is 0 Å². The maximum Gasteiger partial charge on any atom is 0.215 e. The van der Waals surface area contributed by atoms with E-state index in [1.165, 1.54) is 11.3 Å². The van der Waals surface area contributed by atoms with Crippen LogP contribution in [0.15, 0.2) is 46.9 Å². The van der Waals surface area contributed by atoms with Crippen LogP contribution < -0.4 is 10.6 Å². The first-order valence-corrected chi connectivity index (χ1v) is 7.21. The lowest BCUT2D eigenvalue weighted by Gasteiger charge is -2.22. The van der Waals surface area contributed by atoms with E-state index in [9.17, 15) is 0 Å². The molecule has 0 saturated carbocycles. The maximum atomic E-state index is 5.95. The number of nitrogen functional groups attached to an aromatic ring is 1. The van der Waals surface area contributed by atoms with Gasteiger partial charge in [0.2, 0.25) is 5.89 Å². The second-order valence-electron chi connectivity index (χ2n) is 5.61. The Morgan fingerprint density at radius 2 is 2.10 bits per heavy atom. The molecule has 1 unspecified atom stereocenters. The van der Waals surface area contributed by atoms with Crippen molar-refractivity contribution in [2.45, 2.75) is 25.9 Å². The number of benzene rings is 2. The Morgan fingerprint density at radius 1 is 1.24 bits per heavy atom. The van der Waals surface area contributed by atoms with Crippen LogP contribution in [0.25, 0.3) is 11.1 Å². The Hall–Kier alpha value is -2.49. The van der Waals surface area contributed by atoms with Gasteiger partial charge in [0.25, 0.3) is 0 Å². The van der Waals surface area contributed by atoms with E-state index in [4.69, 9.17) is 10.2 Å². The second-order valence-corrected chi connectivity index (χ2v) is 5.61. The molecular weight excluding hydrogens is 262 g/mol. The number of nitrogens with two attached hydrogens (primary N) is 1. The minimum Gasteiger partial charge on any atom is -0.439 e. The van der Waals surface area contributed by atoms with Crippen LogP contribution in [0, 0.1) is 0 Å². The molecule has 4 heteroatoms. The molecule has 0 saturated heterocycles. The van der Waals surface area contributed by atoms with Gasteiger partial charge in [-0.15, -0.1) is 0 Å². The molecule has 1 atom stereocenters. The molecular formula is C17H17N3O. The van der Waals surface area contributed by atoms with Crippen molar-refractivity contribution in [1.82, 2.24) is 4.98 Å². The number of hydrogen-bond donors (Lipinski definition) is 1. The van der Waals surface area contributed by atoms with Gasteiger partial charge in [0.05, 0.1) is 12.2 Å². The molecule has 2 aromatic carbocycles. The van der Waals surface area contributed by atoms with Crippen molar-refractivity contribution >= 4 is 22.5 Å². The van der Waals surface area contributed by atoms with Crippen LogP contribution in [0.1, 0.15) is 18.4 Å². The van der Waals surface area contributed by atoms with Crippen LogP contribution in [0.4, 0.5) is 11.4 Å². The summed E-state index contributed by atoms with van der Waals surface area (Å²) in [4.78, 5) is 6.89. The summed E-state index contributed by atoms with van der Waals surface area (Å²) in [6.45, 7) is 2.91. The third-order valence-electron chi connectivity index (χ3n) is 4.15. The highest BCUT2D eigenvalue weighted by atomic mass is 16.3. The highest BCUT2D eigenvalue weighted by Gasteiger charge is 2.26. The first-order chi connectivity index (χ1) is 10.2. The smallest absolute Gasteiger partial charge is 0.215 e. The lowest BCUT2D eigenvalue weighted by Crippen LogP contribution is -2.28. The van der Waals surface area contributed by atoms with E-state index in [1.54, 1.807) is 0 Å². The molecule has 4 nitrogen and oxygen atoms in total. The fraction of sp³-hybridized carbons (Fsp3) is 0.235. The summed E-state index contributed by atoms with van der Waals surface area (Å²) in [5, 5.41) is 0. The molecule has 1 aliphatic heterocycles. The molecule has 3 aromatic rings. The molecule has 1 aromatic heterocycles. The lowest BCUT2D eigenvalue weighted by molar-refractivity contribution is 0.508. The molecule has 0 spiro atoms. The Balaban J connectivity index is 1.70. The van der Waals surface area contributed by atoms with E-state index >= 15 is 0 Å². The van der Waals surface area contributed by atoms with E-state index in [0.717, 1.165) is 17.5 Å². The van der Waals surface area contributed by atoms with Crippen molar-refractivity contribution in [2.75, 3.05) is 10.6 Å². The molecule has 21 heavy (non-hydrogen) atoms. The Kier molecular flexibility index (Phi) is 2.64. The summed E-state index contributed by atoms with van der Waals surface area (Å²) in [5.74, 6) is 0.714. The second kappa shape index (κ2) is 4.52. The molecule has 0 fully saturated rings. The lowest BCUT2D eigenvalue weighted by atomic mass is 10.1. The molecule has 106 valence electrons. The minimum absolute atomic E-state index is 0.453. The number of oxazole rings is 1. The Morgan fingerprint density at radius 3 is 2.95 bits per heavy atom. The summed E-state index contributed by atoms with van der Waals surface area (Å²) in [6.07, 6.45) is 1.07. The summed E-state index contributed by atoms with van der Waals surface area (Å²) >= 11 is 0. The zero-order chi connectivity index (χ0) is 14.4. The van der Waals surface area contributed by atoms with Gasteiger partial charge in [0.1, 0.15) is 5.52 Å². The fourth-order valence-corrected chi connectivity index (χ4v) is 3.10. The summed E-state index contributed by atoms with van der Waals surface area (Å²) in [5.41, 5.74) is 10.8. The zero-order valence-corrected chi connectivity index (χ0v) is 11.9. The van der Waals surface area contributed by atoms with Gasteiger partial charge in [0, 0.05) is 11.7 Å². The SMILES string of the molecule is CC1Cc2ccccc2N1Cc1nc2c(N)cccc2o1. The monoisotopic (exact) mass is 279 g/mol. The van der Waals surface area contributed by atoms with Crippen LogP contribution in [0.5, 0.6) is 0 Å². The van der Waals surface area contributed by atoms with Gasteiger partial charge in [0.15, 0.2) is 5.58 Å². The van der Waals surface area contributed by atoms with Gasteiger partial charge < -0.3 is 15.1 Å². The van der Waals surface area contributed by atoms with E-state index in [0.29, 0.717) is 24.2 Å². The third-order valence-corrected chi connectivity index (χ3v) is 4.15. The van der Waals surface area contributed by atoms with Crippen molar-refractivity contribution < 1.29 is 4.42 Å². The fourth-order valence-electron chi connectivity index (χ4n) is 3.10. The van der Waals surface area contributed by atoms with E-state index in [1.807, 2.05) is 18.2 Å². The molecule has 0 aliphatic carbocycles. The van der Waals surface area contributed by atoms with Gasteiger partial charge in [-0.2, -0.15) is 0 Å².